The third kappa shape index (κ3) is 3.12. The van der Waals surface area contributed by atoms with Gasteiger partial charge in [-0.05, 0) is 0 Å². The van der Waals surface area contributed by atoms with Crippen LogP contribution in [0.25, 0.3) is 0 Å². The minimum atomic E-state index is 0.539. The topological polar surface area (TPSA) is 29.3 Å². The van der Waals surface area contributed by atoms with E-state index < -0.39 is 0 Å². The summed E-state index contributed by atoms with van der Waals surface area (Å²) in [5.41, 5.74) is 0. The van der Waals surface area contributed by atoms with Gasteiger partial charge >= 0.3 is 0 Å². The van der Waals surface area contributed by atoms with Crippen molar-refractivity contribution in [3.8, 4) is 0 Å². The smallest absolute Gasteiger partial charge is 0.209 e. The summed E-state index contributed by atoms with van der Waals surface area (Å²) < 4.78 is 0.982. The molecule has 1 fully saturated rings. The van der Waals surface area contributed by atoms with Gasteiger partial charge in [-0.3, -0.25) is 0 Å². The fourth-order valence-corrected chi connectivity index (χ4v) is 2.00. The molecule has 0 spiro atoms. The highest BCUT2D eigenvalue weighted by Gasteiger charge is 2.11. The van der Waals surface area contributed by atoms with Crippen LogP contribution in [0.15, 0.2) is 0 Å². The first-order valence-corrected chi connectivity index (χ1v) is 5.02. The fraction of sp³-hybridized carbons (Fsp3) is 0.857. The van der Waals surface area contributed by atoms with Gasteiger partial charge in [0.05, 0.1) is 0 Å². The predicted octanol–water partition coefficient (Wildman–Crippen LogP) is 0.594. The molecule has 1 rings (SSSR count). The van der Waals surface area contributed by atoms with Crippen LogP contribution in [0.4, 0.5) is 0 Å². The van der Waals surface area contributed by atoms with E-state index in [0.29, 0.717) is 6.67 Å². The lowest BCUT2D eigenvalue weighted by Gasteiger charge is -2.24. The second-order valence-corrected chi connectivity index (χ2v) is 3.77. The molecule has 0 atom stereocenters. The Balaban J connectivity index is 2.24. The molecular weight excluding hydrogens is 160 g/mol. The highest BCUT2D eigenvalue weighted by molar-refractivity contribution is 7.99. The van der Waals surface area contributed by atoms with Gasteiger partial charge in [0.15, 0.2) is 0 Å². The van der Waals surface area contributed by atoms with Gasteiger partial charge in [-0.25, -0.2) is 9.64 Å². The molecule has 11 heavy (non-hydrogen) atoms. The van der Waals surface area contributed by atoms with Gasteiger partial charge in [-0.15, -0.1) is 0 Å². The average Bonchev–Trinajstić information content (AvgIpc) is 2.06. The van der Waals surface area contributed by atoms with Gasteiger partial charge in [0.1, 0.15) is 6.21 Å². The zero-order valence-corrected chi connectivity index (χ0v) is 7.64. The average molecular weight is 174 g/mol. The van der Waals surface area contributed by atoms with Crippen molar-refractivity contribution < 1.29 is 4.74 Å². The maximum atomic E-state index is 10.9. The van der Waals surface area contributed by atoms with Gasteiger partial charge < -0.3 is 5.21 Å². The molecule has 4 heteroatoms. The van der Waals surface area contributed by atoms with Crippen LogP contribution < -0.4 is 0 Å². The molecule has 0 saturated carbocycles. The minimum absolute atomic E-state index is 0.539. The van der Waals surface area contributed by atoms with Crippen molar-refractivity contribution in [3.63, 3.8) is 0 Å². The zero-order valence-electron chi connectivity index (χ0n) is 6.82. The number of hydrogen-bond acceptors (Lipinski definition) is 3. The van der Waals surface area contributed by atoms with E-state index in [4.69, 9.17) is 0 Å². The number of rotatable bonds is 2. The van der Waals surface area contributed by atoms with E-state index in [-0.39, 0.29) is 0 Å². The molecule has 0 amide bonds. The van der Waals surface area contributed by atoms with E-state index >= 15 is 0 Å². The van der Waals surface area contributed by atoms with Crippen LogP contribution in [-0.4, -0.2) is 47.1 Å². The molecule has 0 aliphatic carbocycles. The highest BCUT2D eigenvalue weighted by Crippen LogP contribution is 2.07. The minimum Gasteiger partial charge on any atom is -0.623 e. The molecule has 0 aromatic rings. The number of hydrogen-bond donors (Lipinski definition) is 0. The number of thioether (sulfide) groups is 1. The van der Waals surface area contributed by atoms with Crippen molar-refractivity contribution in [2.45, 2.75) is 6.92 Å². The van der Waals surface area contributed by atoms with E-state index in [1.807, 2.05) is 11.8 Å². The largest absolute Gasteiger partial charge is 0.623 e. The summed E-state index contributed by atoms with van der Waals surface area (Å²) in [5.74, 6) is 2.33. The van der Waals surface area contributed by atoms with Crippen LogP contribution in [0.5, 0.6) is 0 Å². The molecule has 1 aliphatic heterocycles. The van der Waals surface area contributed by atoms with Crippen molar-refractivity contribution >= 4 is 18.0 Å². The Morgan fingerprint density at radius 1 is 1.55 bits per heavy atom. The highest BCUT2D eigenvalue weighted by atomic mass is 32.2. The summed E-state index contributed by atoms with van der Waals surface area (Å²) >= 11 is 1.96. The Hall–Kier alpha value is -0.220. The SMILES string of the molecule is C/C=[N+](\[O-])CN1CCSCC1. The van der Waals surface area contributed by atoms with Crippen LogP contribution in [0.1, 0.15) is 6.92 Å². The standard InChI is InChI=1S/C7H14N2OS/c1-2-9(10)7-8-3-5-11-6-4-8/h2H,3-7H2,1H3/b9-2-. The lowest BCUT2D eigenvalue weighted by molar-refractivity contribution is -0.478. The van der Waals surface area contributed by atoms with Crippen molar-refractivity contribution in [1.82, 2.24) is 4.90 Å². The maximum Gasteiger partial charge on any atom is 0.209 e. The lowest BCUT2D eigenvalue weighted by Crippen LogP contribution is -2.37. The van der Waals surface area contributed by atoms with Crippen molar-refractivity contribution in [2.75, 3.05) is 31.3 Å². The number of hydroxylamine groups is 1. The fourth-order valence-electron chi connectivity index (χ4n) is 1.02. The number of nitrogens with zero attached hydrogens (tertiary/aromatic N) is 2. The predicted molar refractivity (Wildman–Crippen MR) is 49.1 cm³/mol. The first-order chi connectivity index (χ1) is 5.33. The molecule has 0 aromatic heterocycles. The van der Waals surface area contributed by atoms with E-state index in [9.17, 15) is 5.21 Å². The molecule has 0 radical (unpaired) electrons. The Bertz CT molecular complexity index is 143. The second kappa shape index (κ2) is 4.62. The first kappa shape index (κ1) is 8.87. The molecular formula is C7H14N2OS. The monoisotopic (exact) mass is 174 g/mol. The van der Waals surface area contributed by atoms with Crippen LogP contribution in [0, 0.1) is 5.21 Å². The van der Waals surface area contributed by atoms with E-state index in [0.717, 1.165) is 29.3 Å². The Kier molecular flexibility index (Phi) is 3.72. The summed E-state index contributed by atoms with van der Waals surface area (Å²) in [6.07, 6.45) is 1.57. The molecule has 0 bridgehead atoms. The van der Waals surface area contributed by atoms with E-state index in [1.54, 1.807) is 13.1 Å². The first-order valence-electron chi connectivity index (χ1n) is 3.86. The van der Waals surface area contributed by atoms with Gasteiger partial charge in [-0.2, -0.15) is 11.8 Å². The quantitative estimate of drug-likeness (QED) is 0.266. The summed E-state index contributed by atoms with van der Waals surface area (Å²) in [6, 6.07) is 0. The molecule has 1 heterocycles. The lowest BCUT2D eigenvalue weighted by atomic mass is 10.5. The molecule has 3 nitrogen and oxygen atoms in total. The Labute approximate surface area is 71.7 Å². The van der Waals surface area contributed by atoms with Crippen molar-refractivity contribution in [1.29, 1.82) is 0 Å². The third-order valence-electron chi connectivity index (χ3n) is 1.73. The Morgan fingerprint density at radius 3 is 2.73 bits per heavy atom. The summed E-state index contributed by atoms with van der Waals surface area (Å²) in [6.45, 7) is 4.41. The van der Waals surface area contributed by atoms with E-state index in [2.05, 4.69) is 4.90 Å². The van der Waals surface area contributed by atoms with Crippen LogP contribution >= 0.6 is 11.8 Å². The molecule has 0 unspecified atom stereocenters. The second-order valence-electron chi connectivity index (χ2n) is 2.55. The van der Waals surface area contributed by atoms with Crippen molar-refractivity contribution in [2.24, 2.45) is 0 Å². The molecule has 0 aromatic carbocycles. The third-order valence-corrected chi connectivity index (χ3v) is 2.67. The van der Waals surface area contributed by atoms with Gasteiger partial charge in [0.25, 0.3) is 0 Å². The maximum absolute atomic E-state index is 10.9. The normalized spacial score (nSPS) is 22.1. The van der Waals surface area contributed by atoms with Crippen LogP contribution in [0.2, 0.25) is 0 Å². The van der Waals surface area contributed by atoms with Crippen molar-refractivity contribution in [3.05, 3.63) is 5.21 Å². The summed E-state index contributed by atoms with van der Waals surface area (Å²) in [4.78, 5) is 2.18. The zero-order chi connectivity index (χ0) is 8.10. The Morgan fingerprint density at radius 2 is 2.18 bits per heavy atom. The van der Waals surface area contributed by atoms with E-state index in [1.165, 1.54) is 0 Å². The van der Waals surface area contributed by atoms with Gasteiger partial charge in [0.2, 0.25) is 6.67 Å². The van der Waals surface area contributed by atoms with Crippen LogP contribution in [0.3, 0.4) is 0 Å². The molecule has 0 N–H and O–H groups in total. The molecule has 1 saturated heterocycles. The van der Waals surface area contributed by atoms with Gasteiger partial charge in [-0.1, -0.05) is 0 Å². The summed E-state index contributed by atoms with van der Waals surface area (Å²) in [7, 11) is 0. The van der Waals surface area contributed by atoms with Gasteiger partial charge in [0, 0.05) is 31.5 Å². The van der Waals surface area contributed by atoms with Crippen LogP contribution in [-0.2, 0) is 0 Å². The molecule has 1 aliphatic rings. The molecule has 64 valence electrons. The summed E-state index contributed by atoms with van der Waals surface area (Å²) in [5, 5.41) is 10.9.